The molecule has 1 aromatic heterocycles. The first-order valence-corrected chi connectivity index (χ1v) is 7.08. The molecule has 0 fully saturated rings. The molecule has 1 aliphatic rings. The molecule has 2 aromatic rings. The van der Waals surface area contributed by atoms with Gasteiger partial charge in [-0.15, -0.1) is 0 Å². The summed E-state index contributed by atoms with van der Waals surface area (Å²) in [6.07, 6.45) is 1.61. The number of pyridine rings is 1. The average Bonchev–Trinajstić information content (AvgIpc) is 2.59. The molecule has 1 aliphatic heterocycles. The van der Waals surface area contributed by atoms with Gasteiger partial charge in [0.25, 0.3) is 11.8 Å². The second kappa shape index (κ2) is 6.35. The third-order valence-electron chi connectivity index (χ3n) is 3.32. The SMILES string of the molecule is C[C@@H]1Oc2ccccc2O[C@H]1C(=O)NNC(=O)c1cccnc1. The summed E-state index contributed by atoms with van der Waals surface area (Å²) in [7, 11) is 0. The number of ether oxygens (including phenoxy) is 2. The number of amides is 2. The Morgan fingerprint density at radius 1 is 1.04 bits per heavy atom. The lowest BCUT2D eigenvalue weighted by Gasteiger charge is -2.30. The van der Waals surface area contributed by atoms with Crippen molar-refractivity contribution >= 4 is 11.8 Å². The van der Waals surface area contributed by atoms with Crippen LogP contribution in [0, 0.1) is 0 Å². The number of nitrogens with zero attached hydrogens (tertiary/aromatic N) is 1. The lowest BCUT2D eigenvalue weighted by molar-refractivity contribution is -0.134. The highest BCUT2D eigenvalue weighted by molar-refractivity contribution is 5.95. The molecule has 0 radical (unpaired) electrons. The molecule has 2 amide bonds. The normalized spacial score (nSPS) is 18.8. The predicted octanol–water partition coefficient (Wildman–Crippen LogP) is 1.07. The van der Waals surface area contributed by atoms with Crippen LogP contribution in [-0.2, 0) is 4.79 Å². The van der Waals surface area contributed by atoms with Crippen molar-refractivity contribution in [1.82, 2.24) is 15.8 Å². The van der Waals surface area contributed by atoms with Crippen molar-refractivity contribution in [2.45, 2.75) is 19.1 Å². The second-order valence-corrected chi connectivity index (χ2v) is 4.99. The molecular formula is C16H15N3O4. The molecule has 118 valence electrons. The zero-order chi connectivity index (χ0) is 16.2. The van der Waals surface area contributed by atoms with Crippen molar-refractivity contribution in [2.75, 3.05) is 0 Å². The fraction of sp³-hybridized carbons (Fsp3) is 0.188. The first-order valence-electron chi connectivity index (χ1n) is 7.08. The molecule has 2 heterocycles. The fourth-order valence-electron chi connectivity index (χ4n) is 2.16. The van der Waals surface area contributed by atoms with Crippen LogP contribution in [0.2, 0.25) is 0 Å². The Kier molecular flexibility index (Phi) is 4.09. The van der Waals surface area contributed by atoms with Gasteiger partial charge in [-0.05, 0) is 31.2 Å². The van der Waals surface area contributed by atoms with Crippen LogP contribution >= 0.6 is 0 Å². The van der Waals surface area contributed by atoms with Crippen LogP contribution in [0.5, 0.6) is 11.5 Å². The number of nitrogens with one attached hydrogen (secondary N) is 2. The smallest absolute Gasteiger partial charge is 0.283 e. The van der Waals surface area contributed by atoms with Gasteiger partial charge in [0.1, 0.15) is 6.10 Å². The van der Waals surface area contributed by atoms with Crippen molar-refractivity contribution in [3.05, 3.63) is 54.4 Å². The Bertz CT molecular complexity index is 720. The number of fused-ring (bicyclic) bond motifs is 1. The van der Waals surface area contributed by atoms with Crippen LogP contribution in [-0.4, -0.2) is 29.0 Å². The van der Waals surface area contributed by atoms with Crippen LogP contribution in [0.1, 0.15) is 17.3 Å². The number of hydrazine groups is 1. The topological polar surface area (TPSA) is 89.5 Å². The highest BCUT2D eigenvalue weighted by atomic mass is 16.6. The van der Waals surface area contributed by atoms with Gasteiger partial charge in [0.2, 0.25) is 6.10 Å². The van der Waals surface area contributed by atoms with Crippen LogP contribution in [0.25, 0.3) is 0 Å². The number of para-hydroxylation sites is 2. The number of aromatic nitrogens is 1. The van der Waals surface area contributed by atoms with Crippen LogP contribution < -0.4 is 20.3 Å². The monoisotopic (exact) mass is 313 g/mol. The molecule has 23 heavy (non-hydrogen) atoms. The van der Waals surface area contributed by atoms with E-state index in [4.69, 9.17) is 9.47 Å². The molecule has 0 unspecified atom stereocenters. The molecular weight excluding hydrogens is 298 g/mol. The van der Waals surface area contributed by atoms with E-state index in [1.165, 1.54) is 6.20 Å². The standard InChI is InChI=1S/C16H15N3O4/c1-10-14(23-13-7-3-2-6-12(13)22-10)16(21)19-18-15(20)11-5-4-8-17-9-11/h2-10,14H,1H3,(H,18,20)(H,19,21)/t10-,14+/m0/s1. The van der Waals surface area contributed by atoms with Gasteiger partial charge in [0.15, 0.2) is 11.5 Å². The number of carbonyl (C=O) groups is 2. The first-order chi connectivity index (χ1) is 11.1. The van der Waals surface area contributed by atoms with E-state index < -0.39 is 24.0 Å². The Hall–Kier alpha value is -3.09. The highest BCUT2D eigenvalue weighted by Crippen LogP contribution is 2.33. The molecule has 7 heteroatoms. The van der Waals surface area contributed by atoms with Gasteiger partial charge < -0.3 is 9.47 Å². The molecule has 0 spiro atoms. The van der Waals surface area contributed by atoms with Crippen LogP contribution in [0.15, 0.2) is 48.8 Å². The van der Waals surface area contributed by atoms with Crippen LogP contribution in [0.4, 0.5) is 0 Å². The van der Waals surface area contributed by atoms with Gasteiger partial charge >= 0.3 is 0 Å². The van der Waals surface area contributed by atoms with E-state index in [1.54, 1.807) is 43.5 Å². The molecule has 0 saturated carbocycles. The van der Waals surface area contributed by atoms with Gasteiger partial charge in [0.05, 0.1) is 5.56 Å². The zero-order valence-electron chi connectivity index (χ0n) is 12.4. The van der Waals surface area contributed by atoms with Gasteiger partial charge in [-0.3, -0.25) is 25.4 Å². The largest absolute Gasteiger partial charge is 0.482 e. The first kappa shape index (κ1) is 14.8. The Balaban J connectivity index is 1.62. The van der Waals surface area contributed by atoms with Crippen molar-refractivity contribution in [1.29, 1.82) is 0 Å². The maximum absolute atomic E-state index is 12.2. The number of benzene rings is 1. The van der Waals surface area contributed by atoms with E-state index in [0.717, 1.165) is 0 Å². The predicted molar refractivity (Wildman–Crippen MR) is 80.8 cm³/mol. The molecule has 2 atom stereocenters. The van der Waals surface area contributed by atoms with Gasteiger partial charge in [-0.25, -0.2) is 0 Å². The van der Waals surface area contributed by atoms with E-state index >= 15 is 0 Å². The third kappa shape index (κ3) is 3.23. The van der Waals surface area contributed by atoms with Crippen molar-refractivity contribution < 1.29 is 19.1 Å². The van der Waals surface area contributed by atoms with Crippen LogP contribution in [0.3, 0.4) is 0 Å². The minimum absolute atomic E-state index is 0.340. The van der Waals surface area contributed by atoms with E-state index in [-0.39, 0.29) is 0 Å². The van der Waals surface area contributed by atoms with Crippen molar-refractivity contribution in [3.63, 3.8) is 0 Å². The van der Waals surface area contributed by atoms with Gasteiger partial charge in [0, 0.05) is 12.4 Å². The summed E-state index contributed by atoms with van der Waals surface area (Å²) >= 11 is 0. The summed E-state index contributed by atoms with van der Waals surface area (Å²) in [5.41, 5.74) is 5.01. The van der Waals surface area contributed by atoms with Crippen molar-refractivity contribution in [3.8, 4) is 11.5 Å². The minimum Gasteiger partial charge on any atom is -0.482 e. The van der Waals surface area contributed by atoms with Gasteiger partial charge in [-0.1, -0.05) is 12.1 Å². The minimum atomic E-state index is -0.862. The lowest BCUT2D eigenvalue weighted by atomic mass is 10.1. The summed E-state index contributed by atoms with van der Waals surface area (Å²) in [6, 6.07) is 10.3. The Labute approximate surface area is 132 Å². The Morgan fingerprint density at radius 2 is 1.78 bits per heavy atom. The summed E-state index contributed by atoms with van der Waals surface area (Å²) in [6.45, 7) is 1.73. The molecule has 1 aromatic carbocycles. The molecule has 0 aliphatic carbocycles. The third-order valence-corrected chi connectivity index (χ3v) is 3.32. The summed E-state index contributed by atoms with van der Waals surface area (Å²) in [5, 5.41) is 0. The Morgan fingerprint density at radius 3 is 2.48 bits per heavy atom. The molecule has 7 nitrogen and oxygen atoms in total. The number of hydrogen-bond acceptors (Lipinski definition) is 5. The van der Waals surface area contributed by atoms with Crippen molar-refractivity contribution in [2.24, 2.45) is 0 Å². The molecule has 0 bridgehead atoms. The maximum Gasteiger partial charge on any atom is 0.283 e. The van der Waals surface area contributed by atoms with E-state index in [1.807, 2.05) is 6.07 Å². The molecule has 2 N–H and O–H groups in total. The van der Waals surface area contributed by atoms with E-state index in [9.17, 15) is 9.59 Å². The second-order valence-electron chi connectivity index (χ2n) is 4.99. The molecule has 3 rings (SSSR count). The number of carbonyl (C=O) groups excluding carboxylic acids is 2. The highest BCUT2D eigenvalue weighted by Gasteiger charge is 2.34. The summed E-state index contributed by atoms with van der Waals surface area (Å²) < 4.78 is 11.3. The quantitative estimate of drug-likeness (QED) is 0.810. The lowest BCUT2D eigenvalue weighted by Crippen LogP contribution is -2.53. The zero-order valence-corrected chi connectivity index (χ0v) is 12.4. The van der Waals surface area contributed by atoms with E-state index in [2.05, 4.69) is 15.8 Å². The number of hydrogen-bond donors (Lipinski definition) is 2. The maximum atomic E-state index is 12.2. The number of rotatable bonds is 2. The van der Waals surface area contributed by atoms with Gasteiger partial charge in [-0.2, -0.15) is 0 Å². The molecule has 0 saturated heterocycles. The average molecular weight is 313 g/mol. The summed E-state index contributed by atoms with van der Waals surface area (Å²) in [4.78, 5) is 27.9. The summed E-state index contributed by atoms with van der Waals surface area (Å²) in [5.74, 6) is 0.119. The van der Waals surface area contributed by atoms with E-state index in [0.29, 0.717) is 17.1 Å². The fourth-order valence-corrected chi connectivity index (χ4v) is 2.16.